The van der Waals surface area contributed by atoms with E-state index in [1.165, 1.54) is 5.56 Å². The molecule has 22 heavy (non-hydrogen) atoms. The van der Waals surface area contributed by atoms with Crippen LogP contribution in [0.5, 0.6) is 5.88 Å². The van der Waals surface area contributed by atoms with Gasteiger partial charge >= 0.3 is 5.97 Å². The molecule has 0 spiro atoms. The molecule has 0 saturated heterocycles. The van der Waals surface area contributed by atoms with Crippen molar-refractivity contribution in [3.8, 4) is 5.88 Å². The van der Waals surface area contributed by atoms with Crippen LogP contribution in [0.15, 0.2) is 30.3 Å². The van der Waals surface area contributed by atoms with Gasteiger partial charge in [0.1, 0.15) is 0 Å². The Hall–Kier alpha value is -2.63. The maximum absolute atomic E-state index is 10.6. The summed E-state index contributed by atoms with van der Waals surface area (Å²) in [4.78, 5) is 21.5. The minimum Gasteiger partial charge on any atom is -0.479 e. The topological polar surface area (TPSA) is 75.6 Å². The molecule has 6 nitrogen and oxygen atoms in total. The highest BCUT2D eigenvalue weighted by Crippen LogP contribution is 2.32. The SMILES string of the molecule is Cc1cc(OCC(=O)O)nc(N2CCCc3ccccc32)n1. The van der Waals surface area contributed by atoms with E-state index in [0.717, 1.165) is 30.8 Å². The first-order chi connectivity index (χ1) is 10.6. The fourth-order valence-corrected chi connectivity index (χ4v) is 2.60. The molecule has 114 valence electrons. The molecule has 2 aromatic rings. The highest BCUT2D eigenvalue weighted by Gasteiger charge is 2.20. The van der Waals surface area contributed by atoms with Crippen LogP contribution in [0.4, 0.5) is 11.6 Å². The van der Waals surface area contributed by atoms with Gasteiger partial charge in [0, 0.05) is 24.0 Å². The molecule has 0 bridgehead atoms. The standard InChI is InChI=1S/C16H17N3O3/c1-11-9-14(22-10-15(20)21)18-16(17-11)19-8-4-6-12-5-2-3-7-13(12)19/h2-3,5,7,9H,4,6,8,10H2,1H3,(H,20,21). The fourth-order valence-electron chi connectivity index (χ4n) is 2.60. The van der Waals surface area contributed by atoms with E-state index < -0.39 is 12.6 Å². The van der Waals surface area contributed by atoms with Crippen molar-refractivity contribution < 1.29 is 14.6 Å². The van der Waals surface area contributed by atoms with Gasteiger partial charge in [-0.3, -0.25) is 0 Å². The number of aryl methyl sites for hydroxylation is 2. The Morgan fingerprint density at radius 2 is 2.18 bits per heavy atom. The number of para-hydroxylation sites is 1. The van der Waals surface area contributed by atoms with Crippen LogP contribution in [-0.2, 0) is 11.2 Å². The number of rotatable bonds is 4. The van der Waals surface area contributed by atoms with Crippen LogP contribution < -0.4 is 9.64 Å². The van der Waals surface area contributed by atoms with Gasteiger partial charge in [0.05, 0.1) is 0 Å². The first kappa shape index (κ1) is 14.3. The lowest BCUT2D eigenvalue weighted by atomic mass is 10.0. The highest BCUT2D eigenvalue weighted by atomic mass is 16.5. The van der Waals surface area contributed by atoms with E-state index in [1.807, 2.05) is 19.1 Å². The molecule has 3 rings (SSSR count). The molecule has 1 aliphatic heterocycles. The molecule has 0 fully saturated rings. The molecule has 1 aromatic carbocycles. The fraction of sp³-hybridized carbons (Fsp3) is 0.312. The summed E-state index contributed by atoms with van der Waals surface area (Å²) in [6, 6.07) is 9.83. The second kappa shape index (κ2) is 6.01. The summed E-state index contributed by atoms with van der Waals surface area (Å²) in [6.45, 7) is 2.26. The minimum absolute atomic E-state index is 0.285. The van der Waals surface area contributed by atoms with Gasteiger partial charge in [0.2, 0.25) is 11.8 Å². The van der Waals surface area contributed by atoms with Crippen molar-refractivity contribution in [1.82, 2.24) is 9.97 Å². The third kappa shape index (κ3) is 3.00. The zero-order chi connectivity index (χ0) is 15.5. The number of aromatic nitrogens is 2. The van der Waals surface area contributed by atoms with E-state index in [0.29, 0.717) is 5.95 Å². The number of hydrogen-bond acceptors (Lipinski definition) is 5. The summed E-state index contributed by atoms with van der Waals surface area (Å²) in [5, 5.41) is 8.71. The lowest BCUT2D eigenvalue weighted by molar-refractivity contribution is -0.139. The molecule has 6 heteroatoms. The van der Waals surface area contributed by atoms with Gasteiger partial charge in [0.15, 0.2) is 6.61 Å². The molecule has 0 saturated carbocycles. The van der Waals surface area contributed by atoms with Crippen molar-refractivity contribution >= 4 is 17.6 Å². The van der Waals surface area contributed by atoms with Crippen LogP contribution in [0.2, 0.25) is 0 Å². The molecule has 0 radical (unpaired) electrons. The first-order valence-electron chi connectivity index (χ1n) is 7.19. The molecule has 0 aliphatic carbocycles. The van der Waals surface area contributed by atoms with Crippen LogP contribution in [0.25, 0.3) is 0 Å². The van der Waals surface area contributed by atoms with Crippen LogP contribution in [0.1, 0.15) is 17.7 Å². The van der Waals surface area contributed by atoms with Crippen molar-refractivity contribution in [2.75, 3.05) is 18.1 Å². The van der Waals surface area contributed by atoms with Gasteiger partial charge in [-0.05, 0) is 31.4 Å². The molecule has 1 aliphatic rings. The number of aliphatic carboxylic acids is 1. The van der Waals surface area contributed by atoms with Gasteiger partial charge in [-0.1, -0.05) is 18.2 Å². The number of fused-ring (bicyclic) bond motifs is 1. The number of carbonyl (C=O) groups is 1. The molecular formula is C16H17N3O3. The summed E-state index contributed by atoms with van der Waals surface area (Å²) >= 11 is 0. The molecule has 0 amide bonds. The summed E-state index contributed by atoms with van der Waals surface area (Å²) in [7, 11) is 0. The highest BCUT2D eigenvalue weighted by molar-refractivity contribution is 5.68. The van der Waals surface area contributed by atoms with E-state index in [2.05, 4.69) is 27.0 Å². The predicted molar refractivity (Wildman–Crippen MR) is 81.7 cm³/mol. The van der Waals surface area contributed by atoms with Crippen molar-refractivity contribution in [3.63, 3.8) is 0 Å². The number of nitrogens with zero attached hydrogens (tertiary/aromatic N) is 3. The molecule has 0 atom stereocenters. The Kier molecular flexibility index (Phi) is 3.91. The third-order valence-electron chi connectivity index (χ3n) is 3.51. The van der Waals surface area contributed by atoms with E-state index in [-0.39, 0.29) is 5.88 Å². The molecule has 1 N–H and O–H groups in total. The summed E-state index contributed by atoms with van der Waals surface area (Å²) < 4.78 is 5.19. The number of hydrogen-bond donors (Lipinski definition) is 1. The minimum atomic E-state index is -1.03. The quantitative estimate of drug-likeness (QED) is 0.934. The Bertz CT molecular complexity index is 703. The van der Waals surface area contributed by atoms with E-state index in [9.17, 15) is 4.79 Å². The van der Waals surface area contributed by atoms with Gasteiger partial charge in [-0.2, -0.15) is 4.98 Å². The Labute approximate surface area is 128 Å². The van der Waals surface area contributed by atoms with Crippen molar-refractivity contribution in [3.05, 3.63) is 41.6 Å². The Morgan fingerprint density at radius 3 is 3.00 bits per heavy atom. The lowest BCUT2D eigenvalue weighted by Gasteiger charge is -2.29. The second-order valence-electron chi connectivity index (χ2n) is 5.21. The molecule has 0 unspecified atom stereocenters. The Balaban J connectivity index is 1.93. The van der Waals surface area contributed by atoms with Crippen molar-refractivity contribution in [2.45, 2.75) is 19.8 Å². The number of carboxylic acids is 1. The monoisotopic (exact) mass is 299 g/mol. The lowest BCUT2D eigenvalue weighted by Crippen LogP contribution is -2.26. The number of benzene rings is 1. The van der Waals surface area contributed by atoms with Crippen LogP contribution in [0.3, 0.4) is 0 Å². The van der Waals surface area contributed by atoms with Crippen LogP contribution in [-0.4, -0.2) is 34.2 Å². The second-order valence-corrected chi connectivity index (χ2v) is 5.21. The van der Waals surface area contributed by atoms with Gasteiger partial charge < -0.3 is 14.7 Å². The normalized spacial score (nSPS) is 13.6. The third-order valence-corrected chi connectivity index (χ3v) is 3.51. The number of ether oxygens (including phenoxy) is 1. The van der Waals surface area contributed by atoms with Crippen molar-refractivity contribution in [1.29, 1.82) is 0 Å². The smallest absolute Gasteiger partial charge is 0.341 e. The van der Waals surface area contributed by atoms with Crippen molar-refractivity contribution in [2.24, 2.45) is 0 Å². The zero-order valence-electron chi connectivity index (χ0n) is 12.3. The van der Waals surface area contributed by atoms with E-state index in [4.69, 9.17) is 9.84 Å². The summed E-state index contributed by atoms with van der Waals surface area (Å²) in [5.74, 6) is -0.193. The molecule has 1 aromatic heterocycles. The molecule has 2 heterocycles. The zero-order valence-corrected chi connectivity index (χ0v) is 12.3. The molecular weight excluding hydrogens is 282 g/mol. The van der Waals surface area contributed by atoms with Crippen LogP contribution in [0, 0.1) is 6.92 Å². The summed E-state index contributed by atoms with van der Waals surface area (Å²) in [6.07, 6.45) is 2.07. The summed E-state index contributed by atoms with van der Waals surface area (Å²) in [5.41, 5.74) is 3.11. The predicted octanol–water partition coefficient (Wildman–Crippen LogP) is 2.33. The van der Waals surface area contributed by atoms with Gasteiger partial charge in [0.25, 0.3) is 0 Å². The number of carboxylic acid groups (broad SMARTS) is 1. The van der Waals surface area contributed by atoms with Gasteiger partial charge in [-0.15, -0.1) is 0 Å². The largest absolute Gasteiger partial charge is 0.479 e. The van der Waals surface area contributed by atoms with E-state index in [1.54, 1.807) is 6.07 Å². The first-order valence-corrected chi connectivity index (χ1v) is 7.19. The van der Waals surface area contributed by atoms with E-state index >= 15 is 0 Å². The number of anilines is 2. The van der Waals surface area contributed by atoms with Crippen LogP contribution >= 0.6 is 0 Å². The maximum Gasteiger partial charge on any atom is 0.341 e. The Morgan fingerprint density at radius 1 is 1.36 bits per heavy atom. The maximum atomic E-state index is 10.6. The van der Waals surface area contributed by atoms with Gasteiger partial charge in [-0.25, -0.2) is 9.78 Å². The average molecular weight is 299 g/mol. The average Bonchev–Trinajstić information content (AvgIpc) is 2.52.